The summed E-state index contributed by atoms with van der Waals surface area (Å²) in [5.41, 5.74) is 1.23. The summed E-state index contributed by atoms with van der Waals surface area (Å²) in [7, 11) is 0. The Kier molecular flexibility index (Phi) is 5.10. The average Bonchev–Trinajstić information content (AvgIpc) is 3.23. The maximum Gasteiger partial charge on any atom is 0.223 e. The van der Waals surface area contributed by atoms with Crippen molar-refractivity contribution in [2.45, 2.75) is 31.7 Å². The zero-order chi connectivity index (χ0) is 15.4. The molecule has 2 fully saturated rings. The Morgan fingerprint density at radius 1 is 1.18 bits per heavy atom. The third-order valence-corrected chi connectivity index (χ3v) is 5.12. The number of amides is 2. The first-order valence-electron chi connectivity index (χ1n) is 7.93. The molecule has 2 saturated heterocycles. The Labute approximate surface area is 134 Å². The topological polar surface area (TPSA) is 49.9 Å². The van der Waals surface area contributed by atoms with E-state index in [0.717, 1.165) is 19.4 Å². The molecule has 6 heteroatoms. The predicted octanol–water partition coefficient (Wildman–Crippen LogP) is 2.05. The molecule has 1 unspecified atom stereocenters. The highest BCUT2D eigenvalue weighted by molar-refractivity contribution is 7.07. The summed E-state index contributed by atoms with van der Waals surface area (Å²) in [5, 5.41) is 4.17. The first-order chi connectivity index (χ1) is 10.8. The molecule has 0 aliphatic carbocycles. The fourth-order valence-electron chi connectivity index (χ4n) is 3.20. The molecule has 120 valence electrons. The van der Waals surface area contributed by atoms with Gasteiger partial charge in [0.05, 0.1) is 19.3 Å². The van der Waals surface area contributed by atoms with E-state index in [9.17, 15) is 9.59 Å². The largest absolute Gasteiger partial charge is 0.378 e. The summed E-state index contributed by atoms with van der Waals surface area (Å²) < 4.78 is 5.24. The summed E-state index contributed by atoms with van der Waals surface area (Å²) in [6, 6.07) is 2.30. The van der Waals surface area contributed by atoms with Crippen LogP contribution in [0.4, 0.5) is 0 Å². The second-order valence-electron chi connectivity index (χ2n) is 5.80. The fraction of sp³-hybridized carbons (Fsp3) is 0.625. The van der Waals surface area contributed by atoms with Crippen LogP contribution in [0.1, 0.15) is 37.3 Å². The minimum absolute atomic E-state index is 0.0722. The highest BCUT2D eigenvalue weighted by Gasteiger charge is 2.30. The zero-order valence-corrected chi connectivity index (χ0v) is 13.5. The third-order valence-electron chi connectivity index (χ3n) is 4.42. The van der Waals surface area contributed by atoms with Crippen LogP contribution >= 0.6 is 11.3 Å². The minimum Gasteiger partial charge on any atom is -0.378 e. The second-order valence-corrected chi connectivity index (χ2v) is 6.58. The van der Waals surface area contributed by atoms with Crippen molar-refractivity contribution < 1.29 is 14.3 Å². The summed E-state index contributed by atoms with van der Waals surface area (Å²) in [6.45, 7) is 3.31. The molecule has 2 aliphatic heterocycles. The molecule has 5 nitrogen and oxygen atoms in total. The summed E-state index contributed by atoms with van der Waals surface area (Å²) in [6.07, 6.45) is 2.70. The molecule has 0 aromatic carbocycles. The van der Waals surface area contributed by atoms with E-state index in [-0.39, 0.29) is 17.9 Å². The lowest BCUT2D eigenvalue weighted by atomic mass is 10.1. The van der Waals surface area contributed by atoms with Crippen LogP contribution in [0.3, 0.4) is 0 Å². The van der Waals surface area contributed by atoms with Crippen LogP contribution in [0, 0.1) is 0 Å². The molecule has 0 spiro atoms. The maximum absolute atomic E-state index is 12.5. The molecule has 2 amide bonds. The van der Waals surface area contributed by atoms with Gasteiger partial charge >= 0.3 is 0 Å². The first-order valence-corrected chi connectivity index (χ1v) is 8.87. The van der Waals surface area contributed by atoms with Gasteiger partial charge in [-0.3, -0.25) is 9.59 Å². The normalized spacial score (nSPS) is 22.1. The number of hydrogen-bond donors (Lipinski definition) is 0. The van der Waals surface area contributed by atoms with E-state index in [1.165, 1.54) is 5.56 Å². The van der Waals surface area contributed by atoms with Gasteiger partial charge in [-0.1, -0.05) is 0 Å². The van der Waals surface area contributed by atoms with Crippen LogP contribution in [-0.2, 0) is 14.3 Å². The Bertz CT molecular complexity index is 511. The number of likely N-dealkylation sites (tertiary alicyclic amines) is 1. The van der Waals surface area contributed by atoms with Gasteiger partial charge in [-0.15, -0.1) is 0 Å². The van der Waals surface area contributed by atoms with E-state index in [1.807, 2.05) is 4.90 Å². The monoisotopic (exact) mass is 322 g/mol. The molecular formula is C16H22N2O3S. The summed E-state index contributed by atoms with van der Waals surface area (Å²) in [5.74, 6) is 0.179. The quantitative estimate of drug-likeness (QED) is 0.852. The van der Waals surface area contributed by atoms with Gasteiger partial charge in [0.1, 0.15) is 0 Å². The van der Waals surface area contributed by atoms with Crippen LogP contribution in [0.25, 0.3) is 0 Å². The number of rotatable bonds is 4. The molecule has 2 aliphatic rings. The van der Waals surface area contributed by atoms with Crippen molar-refractivity contribution in [1.82, 2.24) is 9.80 Å². The molecule has 1 aromatic rings. The Morgan fingerprint density at radius 2 is 1.95 bits per heavy atom. The van der Waals surface area contributed by atoms with Gasteiger partial charge in [0.2, 0.25) is 11.8 Å². The molecule has 0 radical (unpaired) electrons. The van der Waals surface area contributed by atoms with E-state index < -0.39 is 0 Å². The van der Waals surface area contributed by atoms with E-state index in [1.54, 1.807) is 16.2 Å². The number of thiophene rings is 1. The smallest absolute Gasteiger partial charge is 0.223 e. The van der Waals surface area contributed by atoms with Gasteiger partial charge in [0.15, 0.2) is 0 Å². The van der Waals surface area contributed by atoms with Crippen LogP contribution in [0.5, 0.6) is 0 Å². The van der Waals surface area contributed by atoms with Gasteiger partial charge in [-0.25, -0.2) is 0 Å². The van der Waals surface area contributed by atoms with Crippen molar-refractivity contribution in [3.63, 3.8) is 0 Å². The van der Waals surface area contributed by atoms with Gasteiger partial charge in [0, 0.05) is 32.5 Å². The number of ether oxygens (including phenoxy) is 1. The lowest BCUT2D eigenvalue weighted by Crippen LogP contribution is -2.41. The summed E-state index contributed by atoms with van der Waals surface area (Å²) >= 11 is 1.67. The Hall–Kier alpha value is -1.40. The van der Waals surface area contributed by atoms with E-state index >= 15 is 0 Å². The second kappa shape index (κ2) is 7.24. The van der Waals surface area contributed by atoms with Gasteiger partial charge in [0.25, 0.3) is 0 Å². The minimum atomic E-state index is 0.0722. The number of carbonyl (C=O) groups excluding carboxylic acids is 2. The van der Waals surface area contributed by atoms with E-state index in [0.29, 0.717) is 39.1 Å². The highest BCUT2D eigenvalue weighted by Crippen LogP contribution is 2.33. The Balaban J connectivity index is 1.52. The van der Waals surface area contributed by atoms with Crippen LogP contribution in [0.15, 0.2) is 16.8 Å². The number of morpholine rings is 1. The standard InChI is InChI=1S/C16H22N2O3S/c19-15(17-7-9-21-10-8-17)3-4-16(20)18-6-1-2-14(18)13-5-11-22-12-13/h5,11-12,14H,1-4,6-10H2. The molecular weight excluding hydrogens is 300 g/mol. The zero-order valence-electron chi connectivity index (χ0n) is 12.7. The number of nitrogens with zero attached hydrogens (tertiary/aromatic N) is 2. The van der Waals surface area contributed by atoms with Crippen molar-refractivity contribution in [2.24, 2.45) is 0 Å². The molecule has 0 bridgehead atoms. The number of carbonyl (C=O) groups is 2. The molecule has 1 atom stereocenters. The van der Waals surface area contributed by atoms with Crippen LogP contribution in [-0.4, -0.2) is 54.5 Å². The van der Waals surface area contributed by atoms with E-state index in [2.05, 4.69) is 16.8 Å². The number of hydrogen-bond acceptors (Lipinski definition) is 4. The van der Waals surface area contributed by atoms with Gasteiger partial charge in [-0.2, -0.15) is 11.3 Å². The SMILES string of the molecule is O=C(CCC(=O)N1CCCC1c1ccsc1)N1CCOCC1. The van der Waals surface area contributed by atoms with Crippen molar-refractivity contribution in [2.75, 3.05) is 32.8 Å². The van der Waals surface area contributed by atoms with Gasteiger partial charge in [-0.05, 0) is 35.2 Å². The predicted molar refractivity (Wildman–Crippen MR) is 84.6 cm³/mol. The highest BCUT2D eigenvalue weighted by atomic mass is 32.1. The molecule has 1 aromatic heterocycles. The van der Waals surface area contributed by atoms with E-state index in [4.69, 9.17) is 4.74 Å². The first kappa shape index (κ1) is 15.5. The van der Waals surface area contributed by atoms with Crippen LogP contribution < -0.4 is 0 Å². The molecule has 0 saturated carbocycles. The molecule has 0 N–H and O–H groups in total. The average molecular weight is 322 g/mol. The lowest BCUT2D eigenvalue weighted by molar-refractivity contribution is -0.139. The molecule has 3 rings (SSSR count). The fourth-order valence-corrected chi connectivity index (χ4v) is 3.91. The maximum atomic E-state index is 12.5. The van der Waals surface area contributed by atoms with Crippen LogP contribution in [0.2, 0.25) is 0 Å². The third kappa shape index (κ3) is 3.50. The lowest BCUT2D eigenvalue weighted by Gasteiger charge is -2.28. The molecule has 3 heterocycles. The molecule has 22 heavy (non-hydrogen) atoms. The van der Waals surface area contributed by atoms with Crippen molar-refractivity contribution in [1.29, 1.82) is 0 Å². The Morgan fingerprint density at radius 3 is 2.68 bits per heavy atom. The van der Waals surface area contributed by atoms with Crippen molar-refractivity contribution >= 4 is 23.2 Å². The van der Waals surface area contributed by atoms with Crippen molar-refractivity contribution in [3.8, 4) is 0 Å². The van der Waals surface area contributed by atoms with Crippen molar-refractivity contribution in [3.05, 3.63) is 22.4 Å². The van der Waals surface area contributed by atoms with Gasteiger partial charge < -0.3 is 14.5 Å². The summed E-state index contributed by atoms with van der Waals surface area (Å²) in [4.78, 5) is 28.4.